The van der Waals surface area contributed by atoms with Gasteiger partial charge in [-0.25, -0.2) is 5.84 Å². The first-order valence-corrected chi connectivity index (χ1v) is 5.39. The smallest absolute Gasteiger partial charge is 0.287 e. The number of nitrogen functional groups attached to an aromatic ring is 1. The molecule has 0 bridgehead atoms. The van der Waals surface area contributed by atoms with Gasteiger partial charge in [-0.15, -0.1) is 0 Å². The Morgan fingerprint density at radius 1 is 1.71 bits per heavy atom. The van der Waals surface area contributed by atoms with Crippen LogP contribution in [0.3, 0.4) is 0 Å². The summed E-state index contributed by atoms with van der Waals surface area (Å²) >= 11 is 0. The molecule has 0 fully saturated rings. The number of nitrogens with one attached hydrogen (secondary N) is 1. The number of amides is 1. The molecule has 0 aliphatic carbocycles. The standard InChI is InChI=1S/C10H18N4O3/c1-3-14(4-5-16-2)7-8-6-9(13-17-8)10(15)12-11/h6H,3-5,7,11H2,1-2H3,(H,12,15). The molecule has 7 heteroatoms. The van der Waals surface area contributed by atoms with Gasteiger partial charge < -0.3 is 9.26 Å². The van der Waals surface area contributed by atoms with Crippen molar-refractivity contribution in [3.05, 3.63) is 17.5 Å². The van der Waals surface area contributed by atoms with Crippen molar-refractivity contribution in [2.45, 2.75) is 13.5 Å². The third-order valence-corrected chi connectivity index (χ3v) is 2.36. The fourth-order valence-corrected chi connectivity index (χ4v) is 1.36. The van der Waals surface area contributed by atoms with Crippen LogP contribution in [0.2, 0.25) is 0 Å². The minimum absolute atomic E-state index is 0.185. The fraction of sp³-hybridized carbons (Fsp3) is 0.600. The second-order valence-electron chi connectivity index (χ2n) is 3.51. The summed E-state index contributed by atoms with van der Waals surface area (Å²) in [6.45, 7) is 4.94. The van der Waals surface area contributed by atoms with E-state index in [4.69, 9.17) is 15.1 Å². The molecule has 0 aromatic carbocycles. The molecular weight excluding hydrogens is 224 g/mol. The number of likely N-dealkylation sites (N-methyl/N-ethyl adjacent to an activating group) is 1. The third kappa shape index (κ3) is 4.14. The van der Waals surface area contributed by atoms with Crippen molar-refractivity contribution < 1.29 is 14.1 Å². The number of nitrogens with zero attached hydrogens (tertiary/aromatic N) is 2. The largest absolute Gasteiger partial charge is 0.383 e. The highest BCUT2D eigenvalue weighted by molar-refractivity contribution is 5.91. The lowest BCUT2D eigenvalue weighted by Crippen LogP contribution is -2.30. The van der Waals surface area contributed by atoms with E-state index < -0.39 is 5.91 Å². The maximum atomic E-state index is 11.2. The van der Waals surface area contributed by atoms with E-state index in [1.54, 1.807) is 13.2 Å². The molecule has 0 atom stereocenters. The van der Waals surface area contributed by atoms with Gasteiger partial charge in [0.1, 0.15) is 0 Å². The van der Waals surface area contributed by atoms with Crippen molar-refractivity contribution in [3.63, 3.8) is 0 Å². The molecule has 0 unspecified atom stereocenters. The van der Waals surface area contributed by atoms with E-state index in [0.29, 0.717) is 18.9 Å². The number of carbonyl (C=O) groups excluding carboxylic acids is 1. The lowest BCUT2D eigenvalue weighted by atomic mass is 10.3. The monoisotopic (exact) mass is 242 g/mol. The summed E-state index contributed by atoms with van der Waals surface area (Å²) in [6.07, 6.45) is 0. The minimum atomic E-state index is -0.458. The number of rotatable bonds is 7. The number of methoxy groups -OCH3 is 1. The summed E-state index contributed by atoms with van der Waals surface area (Å²) in [6, 6.07) is 1.58. The van der Waals surface area contributed by atoms with Crippen LogP contribution in [-0.4, -0.2) is 42.8 Å². The summed E-state index contributed by atoms with van der Waals surface area (Å²) in [5.74, 6) is 5.17. The molecule has 1 amide bonds. The van der Waals surface area contributed by atoms with Crippen molar-refractivity contribution in [2.24, 2.45) is 5.84 Å². The van der Waals surface area contributed by atoms with Gasteiger partial charge in [0, 0.05) is 19.7 Å². The van der Waals surface area contributed by atoms with Crippen LogP contribution < -0.4 is 11.3 Å². The highest BCUT2D eigenvalue weighted by atomic mass is 16.5. The molecule has 3 N–H and O–H groups in total. The normalized spacial score (nSPS) is 10.8. The quantitative estimate of drug-likeness (QED) is 0.389. The van der Waals surface area contributed by atoms with Crippen molar-refractivity contribution in [1.82, 2.24) is 15.5 Å². The Kier molecular flexibility index (Phi) is 5.61. The van der Waals surface area contributed by atoms with E-state index in [0.717, 1.165) is 13.1 Å². The van der Waals surface area contributed by atoms with Crippen LogP contribution >= 0.6 is 0 Å². The molecule has 1 aromatic heterocycles. The average molecular weight is 242 g/mol. The zero-order chi connectivity index (χ0) is 12.7. The number of hydrogen-bond donors (Lipinski definition) is 2. The maximum absolute atomic E-state index is 11.2. The maximum Gasteiger partial charge on any atom is 0.287 e. The molecular formula is C10H18N4O3. The summed E-state index contributed by atoms with van der Waals surface area (Å²) in [5, 5.41) is 3.63. The summed E-state index contributed by atoms with van der Waals surface area (Å²) in [4.78, 5) is 13.3. The Morgan fingerprint density at radius 2 is 2.47 bits per heavy atom. The van der Waals surface area contributed by atoms with Crippen LogP contribution in [0.1, 0.15) is 23.2 Å². The van der Waals surface area contributed by atoms with Crippen molar-refractivity contribution in [1.29, 1.82) is 0 Å². The van der Waals surface area contributed by atoms with Crippen molar-refractivity contribution >= 4 is 5.91 Å². The van der Waals surface area contributed by atoms with Gasteiger partial charge in [-0.2, -0.15) is 0 Å². The summed E-state index contributed by atoms with van der Waals surface area (Å²) in [5.41, 5.74) is 2.19. The molecule has 0 aliphatic rings. The number of ether oxygens (including phenoxy) is 1. The molecule has 0 saturated carbocycles. The van der Waals surface area contributed by atoms with E-state index in [9.17, 15) is 4.79 Å². The molecule has 0 radical (unpaired) electrons. The van der Waals surface area contributed by atoms with Crippen LogP contribution in [-0.2, 0) is 11.3 Å². The predicted molar refractivity (Wildman–Crippen MR) is 61.0 cm³/mol. The highest BCUT2D eigenvalue weighted by Crippen LogP contribution is 2.07. The van der Waals surface area contributed by atoms with Crippen LogP contribution in [0.15, 0.2) is 10.6 Å². The molecule has 96 valence electrons. The van der Waals surface area contributed by atoms with E-state index in [1.807, 2.05) is 12.3 Å². The van der Waals surface area contributed by atoms with E-state index in [-0.39, 0.29) is 5.69 Å². The topological polar surface area (TPSA) is 93.6 Å². The van der Waals surface area contributed by atoms with Gasteiger partial charge in [0.25, 0.3) is 5.91 Å². The number of nitrogens with two attached hydrogens (primary N) is 1. The Morgan fingerprint density at radius 3 is 3.06 bits per heavy atom. The number of aromatic nitrogens is 1. The van der Waals surface area contributed by atoms with Gasteiger partial charge in [0.05, 0.1) is 13.2 Å². The van der Waals surface area contributed by atoms with Gasteiger partial charge >= 0.3 is 0 Å². The van der Waals surface area contributed by atoms with E-state index in [2.05, 4.69) is 10.1 Å². The zero-order valence-electron chi connectivity index (χ0n) is 10.1. The minimum Gasteiger partial charge on any atom is -0.383 e. The second-order valence-corrected chi connectivity index (χ2v) is 3.51. The van der Waals surface area contributed by atoms with Gasteiger partial charge in [0.15, 0.2) is 11.5 Å². The van der Waals surface area contributed by atoms with Crippen molar-refractivity contribution in [3.8, 4) is 0 Å². The Labute approximate surface area is 99.8 Å². The van der Waals surface area contributed by atoms with E-state index in [1.165, 1.54) is 0 Å². The SMILES string of the molecule is CCN(CCOC)Cc1cc(C(=O)NN)no1. The van der Waals surface area contributed by atoms with Crippen LogP contribution in [0, 0.1) is 0 Å². The van der Waals surface area contributed by atoms with Gasteiger partial charge in [0.2, 0.25) is 0 Å². The van der Waals surface area contributed by atoms with Gasteiger partial charge in [-0.1, -0.05) is 12.1 Å². The third-order valence-electron chi connectivity index (χ3n) is 2.36. The van der Waals surface area contributed by atoms with Gasteiger partial charge in [-0.05, 0) is 6.54 Å². The van der Waals surface area contributed by atoms with E-state index >= 15 is 0 Å². The Bertz CT molecular complexity index is 353. The molecule has 0 aliphatic heterocycles. The molecule has 0 saturated heterocycles. The Balaban J connectivity index is 2.54. The number of hydrazine groups is 1. The molecule has 7 nitrogen and oxygen atoms in total. The first-order valence-electron chi connectivity index (χ1n) is 5.39. The molecule has 17 heavy (non-hydrogen) atoms. The average Bonchev–Trinajstić information content (AvgIpc) is 2.81. The lowest BCUT2D eigenvalue weighted by Gasteiger charge is -2.17. The number of hydrogen-bond acceptors (Lipinski definition) is 6. The summed E-state index contributed by atoms with van der Waals surface area (Å²) in [7, 11) is 1.66. The molecule has 1 aromatic rings. The summed E-state index contributed by atoms with van der Waals surface area (Å²) < 4.78 is 10.1. The predicted octanol–water partition coefficient (Wildman–Crippen LogP) is -0.254. The molecule has 1 heterocycles. The molecule has 1 rings (SSSR count). The molecule has 0 spiro atoms. The zero-order valence-corrected chi connectivity index (χ0v) is 10.1. The lowest BCUT2D eigenvalue weighted by molar-refractivity contribution is 0.0944. The second kappa shape index (κ2) is 7.00. The van der Waals surface area contributed by atoms with Crippen molar-refractivity contribution in [2.75, 3.05) is 26.8 Å². The van der Waals surface area contributed by atoms with Crippen LogP contribution in [0.5, 0.6) is 0 Å². The Hall–Kier alpha value is -1.44. The first kappa shape index (κ1) is 13.6. The highest BCUT2D eigenvalue weighted by Gasteiger charge is 2.13. The fourth-order valence-electron chi connectivity index (χ4n) is 1.36. The van der Waals surface area contributed by atoms with Crippen LogP contribution in [0.4, 0.5) is 0 Å². The first-order chi connectivity index (χ1) is 8.21. The van der Waals surface area contributed by atoms with Crippen LogP contribution in [0.25, 0.3) is 0 Å². The van der Waals surface area contributed by atoms with Gasteiger partial charge in [-0.3, -0.25) is 15.1 Å². The number of carbonyl (C=O) groups is 1.